The predicted molar refractivity (Wildman–Crippen MR) is 100 cm³/mol. The van der Waals surface area contributed by atoms with Crippen LogP contribution in [-0.2, 0) is 6.54 Å². The van der Waals surface area contributed by atoms with Crippen molar-refractivity contribution in [3.63, 3.8) is 0 Å². The van der Waals surface area contributed by atoms with Gasteiger partial charge < -0.3 is 10.7 Å². The number of likely N-dealkylation sites (tertiary alicyclic amines) is 1. The molecule has 126 valence electrons. The van der Waals surface area contributed by atoms with E-state index in [0.717, 1.165) is 53.1 Å². The van der Waals surface area contributed by atoms with E-state index in [1.807, 2.05) is 24.3 Å². The van der Waals surface area contributed by atoms with Crippen molar-refractivity contribution in [2.24, 2.45) is 5.41 Å². The Bertz CT molecular complexity index is 829. The van der Waals surface area contributed by atoms with Crippen LogP contribution in [0.25, 0.3) is 11.0 Å². The molecule has 2 aromatic rings. The zero-order valence-electron chi connectivity index (χ0n) is 14.7. The number of fused-ring (bicyclic) bond motifs is 1. The lowest BCUT2D eigenvalue weighted by Crippen LogP contribution is -2.25. The Labute approximate surface area is 143 Å². The quantitative estimate of drug-likeness (QED) is 0.833. The monoisotopic (exact) mass is 322 g/mol. The summed E-state index contributed by atoms with van der Waals surface area (Å²) in [6.45, 7) is 17.9. The van der Waals surface area contributed by atoms with Gasteiger partial charge in [-0.1, -0.05) is 52.1 Å². The molecular formula is C20H26N4. The topological polar surface area (TPSA) is 47.1 Å². The number of nitrogen functional groups attached to an aromatic ring is 1. The number of nitrogens with two attached hydrogens (primary N) is 1. The number of para-hydroxylation sites is 2. The van der Waals surface area contributed by atoms with E-state index in [9.17, 15) is 0 Å². The summed E-state index contributed by atoms with van der Waals surface area (Å²) in [5, 5.41) is 0. The number of imidazole rings is 1. The summed E-state index contributed by atoms with van der Waals surface area (Å²) in [7, 11) is 0. The first kappa shape index (κ1) is 16.4. The number of benzene rings is 1. The van der Waals surface area contributed by atoms with Crippen LogP contribution >= 0.6 is 0 Å². The summed E-state index contributed by atoms with van der Waals surface area (Å²) >= 11 is 0. The first-order chi connectivity index (χ1) is 11.5. The predicted octanol–water partition coefficient (Wildman–Crippen LogP) is 4.35. The molecule has 4 heteroatoms. The minimum atomic E-state index is -0.0860. The van der Waals surface area contributed by atoms with Crippen molar-refractivity contribution >= 4 is 11.0 Å². The van der Waals surface area contributed by atoms with Crippen molar-refractivity contribution < 1.29 is 0 Å². The lowest BCUT2D eigenvalue weighted by atomic mass is 9.74. The van der Waals surface area contributed by atoms with Crippen LogP contribution in [0, 0.1) is 5.41 Å². The van der Waals surface area contributed by atoms with Crippen molar-refractivity contribution in [3.05, 3.63) is 66.8 Å². The number of hydrogen-bond donors (Lipinski definition) is 1. The molecule has 24 heavy (non-hydrogen) atoms. The molecule has 0 spiro atoms. The minimum Gasteiger partial charge on any atom is -0.337 e. The molecule has 1 saturated heterocycles. The highest BCUT2D eigenvalue weighted by Crippen LogP contribution is 2.53. The zero-order valence-corrected chi connectivity index (χ0v) is 14.7. The number of allylic oxidation sites excluding steroid dienone is 2. The van der Waals surface area contributed by atoms with Gasteiger partial charge in [0.2, 0.25) is 0 Å². The molecule has 1 aliphatic heterocycles. The number of nitrogens with zero attached hydrogens (tertiary/aromatic N) is 3. The average molecular weight is 322 g/mol. The molecule has 0 bridgehead atoms. The van der Waals surface area contributed by atoms with E-state index in [4.69, 9.17) is 5.84 Å². The summed E-state index contributed by atoms with van der Waals surface area (Å²) in [4.78, 5) is 6.80. The molecule has 2 N–H and O–H groups in total. The lowest BCUT2D eigenvalue weighted by Gasteiger charge is -2.30. The Morgan fingerprint density at radius 1 is 1.17 bits per heavy atom. The number of aromatic nitrogens is 2. The first-order valence-corrected chi connectivity index (χ1v) is 8.53. The molecule has 1 unspecified atom stereocenters. The normalized spacial score (nSPS) is 21.2. The van der Waals surface area contributed by atoms with Gasteiger partial charge in [0.1, 0.15) is 5.82 Å². The van der Waals surface area contributed by atoms with Crippen LogP contribution in [0.3, 0.4) is 0 Å². The van der Waals surface area contributed by atoms with Crippen molar-refractivity contribution in [2.75, 3.05) is 5.84 Å². The Morgan fingerprint density at radius 3 is 2.50 bits per heavy atom. The summed E-state index contributed by atoms with van der Waals surface area (Å²) in [5.74, 6) is 7.05. The first-order valence-electron chi connectivity index (χ1n) is 8.53. The molecule has 1 fully saturated rings. The number of hydrogen-bond acceptors (Lipinski definition) is 3. The van der Waals surface area contributed by atoms with Crippen LogP contribution < -0.4 is 5.84 Å². The molecule has 0 amide bonds. The van der Waals surface area contributed by atoms with Crippen molar-refractivity contribution in [2.45, 2.75) is 39.7 Å². The Hall–Kier alpha value is -2.49. The van der Waals surface area contributed by atoms with Gasteiger partial charge in [0.25, 0.3) is 0 Å². The van der Waals surface area contributed by atoms with Crippen molar-refractivity contribution in [1.82, 2.24) is 14.6 Å². The molecule has 1 aliphatic rings. The van der Waals surface area contributed by atoms with E-state index in [1.54, 1.807) is 4.68 Å². The van der Waals surface area contributed by atoms with Gasteiger partial charge in [-0.15, -0.1) is 0 Å². The van der Waals surface area contributed by atoms with E-state index in [2.05, 4.69) is 43.5 Å². The minimum absolute atomic E-state index is 0.0860. The highest BCUT2D eigenvalue weighted by Gasteiger charge is 2.45. The molecule has 2 heterocycles. The van der Waals surface area contributed by atoms with E-state index in [1.165, 1.54) is 0 Å². The van der Waals surface area contributed by atoms with E-state index in [-0.39, 0.29) is 5.41 Å². The molecule has 4 nitrogen and oxygen atoms in total. The lowest BCUT2D eigenvalue weighted by molar-refractivity contribution is 0.331. The van der Waals surface area contributed by atoms with Gasteiger partial charge in [-0.3, -0.25) is 0 Å². The summed E-state index contributed by atoms with van der Waals surface area (Å²) < 4.78 is 1.66. The van der Waals surface area contributed by atoms with Crippen LogP contribution in [0.15, 0.2) is 61.0 Å². The average Bonchev–Trinajstić information content (AvgIpc) is 2.99. The van der Waals surface area contributed by atoms with Crippen LogP contribution in [0.2, 0.25) is 0 Å². The largest absolute Gasteiger partial charge is 0.337 e. The third-order valence-electron chi connectivity index (χ3n) is 5.38. The molecular weight excluding hydrogens is 296 g/mol. The zero-order chi connectivity index (χ0) is 17.5. The second-order valence-corrected chi connectivity index (χ2v) is 6.53. The molecule has 3 rings (SSSR count). The summed E-state index contributed by atoms with van der Waals surface area (Å²) in [6.07, 6.45) is 3.10. The fraction of sp³-hybridized carbons (Fsp3) is 0.350. The van der Waals surface area contributed by atoms with Crippen LogP contribution in [0.1, 0.15) is 38.9 Å². The Balaban J connectivity index is 1.97. The van der Waals surface area contributed by atoms with Gasteiger partial charge in [0.15, 0.2) is 0 Å². The SMILES string of the molecule is C=C1C(=C)C(CC)(CCC)C(=C)N1Cc1nc2ccccc2n1N. The van der Waals surface area contributed by atoms with Gasteiger partial charge in [-0.2, -0.15) is 0 Å². The summed E-state index contributed by atoms with van der Waals surface area (Å²) in [6, 6.07) is 7.89. The molecule has 0 radical (unpaired) electrons. The second-order valence-electron chi connectivity index (χ2n) is 6.53. The second kappa shape index (κ2) is 5.86. The van der Waals surface area contributed by atoms with E-state index in [0.29, 0.717) is 6.54 Å². The molecule has 0 saturated carbocycles. The van der Waals surface area contributed by atoms with Gasteiger partial charge in [0.05, 0.1) is 17.6 Å². The highest BCUT2D eigenvalue weighted by atomic mass is 15.3. The third-order valence-corrected chi connectivity index (χ3v) is 5.38. The van der Waals surface area contributed by atoms with Crippen LogP contribution in [0.4, 0.5) is 0 Å². The third kappa shape index (κ3) is 2.17. The number of rotatable bonds is 5. The highest BCUT2D eigenvalue weighted by molar-refractivity contribution is 5.75. The van der Waals surface area contributed by atoms with Crippen molar-refractivity contribution in [3.8, 4) is 0 Å². The molecule has 1 aromatic carbocycles. The summed E-state index contributed by atoms with van der Waals surface area (Å²) in [5.41, 5.74) is 4.82. The van der Waals surface area contributed by atoms with Crippen molar-refractivity contribution in [1.29, 1.82) is 0 Å². The fourth-order valence-electron chi connectivity index (χ4n) is 3.89. The Morgan fingerprint density at radius 2 is 1.88 bits per heavy atom. The maximum Gasteiger partial charge on any atom is 0.148 e. The maximum absolute atomic E-state index is 6.25. The molecule has 1 atom stereocenters. The van der Waals surface area contributed by atoms with Gasteiger partial charge in [-0.25, -0.2) is 9.66 Å². The van der Waals surface area contributed by atoms with Gasteiger partial charge in [0, 0.05) is 16.8 Å². The molecule has 0 aliphatic carbocycles. The van der Waals surface area contributed by atoms with Crippen LogP contribution in [0.5, 0.6) is 0 Å². The Kier molecular flexibility index (Phi) is 3.99. The van der Waals surface area contributed by atoms with E-state index < -0.39 is 0 Å². The van der Waals surface area contributed by atoms with E-state index >= 15 is 0 Å². The van der Waals surface area contributed by atoms with Gasteiger partial charge in [-0.05, 0) is 30.5 Å². The smallest absolute Gasteiger partial charge is 0.148 e. The molecule has 1 aromatic heterocycles. The van der Waals surface area contributed by atoms with Gasteiger partial charge >= 0.3 is 0 Å². The van der Waals surface area contributed by atoms with Crippen LogP contribution in [-0.4, -0.2) is 14.6 Å². The maximum atomic E-state index is 6.25. The standard InChI is InChI=1S/C20H26N4/c1-6-12-20(7-2)14(3)15(4)23(16(20)5)13-19-22-17-10-8-9-11-18(17)24(19)21/h8-11H,3-7,12-13,21H2,1-2H3. The fourth-order valence-corrected chi connectivity index (χ4v) is 3.89.